The van der Waals surface area contributed by atoms with E-state index >= 15 is 0 Å². The lowest BCUT2D eigenvalue weighted by molar-refractivity contribution is 0.110. The normalized spacial score (nSPS) is 12.3. The Morgan fingerprint density at radius 3 is 2.45 bits per heavy atom. The molecule has 0 aliphatic carbocycles. The molecule has 170 valence electrons. The van der Waals surface area contributed by atoms with Crippen LogP contribution in [0.15, 0.2) is 53.5 Å². The Balaban J connectivity index is 1.84. The Labute approximate surface area is 183 Å². The highest BCUT2D eigenvalue weighted by Gasteiger charge is 2.08. The summed E-state index contributed by atoms with van der Waals surface area (Å²) in [5.41, 5.74) is 1.04. The first-order valence-corrected chi connectivity index (χ1v) is 10.4. The smallest absolute Gasteiger partial charge is 0.191 e. The molecule has 0 amide bonds. The van der Waals surface area contributed by atoms with Gasteiger partial charge in [0.25, 0.3) is 0 Å². The van der Waals surface area contributed by atoms with Crippen LogP contribution in [-0.4, -0.2) is 57.2 Å². The molecule has 0 saturated heterocycles. The Morgan fingerprint density at radius 2 is 1.77 bits per heavy atom. The Kier molecular flexibility index (Phi) is 11.2. The fourth-order valence-corrected chi connectivity index (χ4v) is 2.60. The Morgan fingerprint density at radius 1 is 1.06 bits per heavy atom. The van der Waals surface area contributed by atoms with Crippen molar-refractivity contribution in [3.63, 3.8) is 0 Å². The van der Waals surface area contributed by atoms with Gasteiger partial charge in [0.15, 0.2) is 5.96 Å². The van der Waals surface area contributed by atoms with Gasteiger partial charge in [-0.05, 0) is 55.3 Å². The molecule has 2 aromatic carbocycles. The van der Waals surface area contributed by atoms with Gasteiger partial charge in [-0.1, -0.05) is 12.1 Å². The highest BCUT2D eigenvalue weighted by molar-refractivity contribution is 5.79. The number of nitrogens with zero attached hydrogens (tertiary/aromatic N) is 1. The highest BCUT2D eigenvalue weighted by atomic mass is 19.1. The molecule has 0 aliphatic rings. The van der Waals surface area contributed by atoms with Crippen LogP contribution in [0.25, 0.3) is 0 Å². The second-order valence-electron chi connectivity index (χ2n) is 6.79. The lowest BCUT2D eigenvalue weighted by Crippen LogP contribution is -2.43. The molecule has 1 unspecified atom stereocenters. The van der Waals surface area contributed by atoms with E-state index in [4.69, 9.17) is 14.2 Å². The molecule has 2 rings (SSSR count). The maximum Gasteiger partial charge on any atom is 0.191 e. The number of aliphatic hydroxyl groups is 1. The van der Waals surface area contributed by atoms with Crippen molar-refractivity contribution < 1.29 is 23.7 Å². The van der Waals surface area contributed by atoms with Crippen molar-refractivity contribution in [2.45, 2.75) is 26.0 Å². The third-order valence-corrected chi connectivity index (χ3v) is 4.30. The van der Waals surface area contributed by atoms with E-state index in [1.54, 1.807) is 7.11 Å². The van der Waals surface area contributed by atoms with Gasteiger partial charge >= 0.3 is 0 Å². The van der Waals surface area contributed by atoms with E-state index in [1.807, 2.05) is 31.2 Å². The molecule has 1 atom stereocenters. The van der Waals surface area contributed by atoms with E-state index in [9.17, 15) is 9.50 Å². The van der Waals surface area contributed by atoms with Crippen molar-refractivity contribution in [1.82, 2.24) is 10.6 Å². The summed E-state index contributed by atoms with van der Waals surface area (Å²) < 4.78 is 29.0. The van der Waals surface area contributed by atoms with Crippen LogP contribution in [0.1, 0.15) is 18.9 Å². The van der Waals surface area contributed by atoms with Gasteiger partial charge in [-0.25, -0.2) is 9.38 Å². The molecule has 2 aromatic rings. The standard InChI is InChI=1S/C23H32FN3O4/c1-3-30-14-4-13-25-23(26-15-18-5-9-21(29-2)10-6-18)27-16-20(28)17-31-22-11-7-19(24)8-12-22/h5-12,20,28H,3-4,13-17H2,1-2H3,(H2,25,26,27). The van der Waals surface area contributed by atoms with Crippen LogP contribution in [0.4, 0.5) is 4.39 Å². The molecular formula is C23H32FN3O4. The molecule has 3 N–H and O–H groups in total. The first-order chi connectivity index (χ1) is 15.1. The lowest BCUT2D eigenvalue weighted by atomic mass is 10.2. The van der Waals surface area contributed by atoms with Crippen LogP contribution in [-0.2, 0) is 11.3 Å². The van der Waals surface area contributed by atoms with Crippen LogP contribution >= 0.6 is 0 Å². The van der Waals surface area contributed by atoms with Gasteiger partial charge in [0.05, 0.1) is 13.7 Å². The van der Waals surface area contributed by atoms with Crippen molar-refractivity contribution in [3.8, 4) is 11.5 Å². The fourth-order valence-electron chi connectivity index (χ4n) is 2.60. The number of rotatable bonds is 13. The number of halogens is 1. The van der Waals surface area contributed by atoms with Gasteiger partial charge in [-0.2, -0.15) is 0 Å². The van der Waals surface area contributed by atoms with Crippen molar-refractivity contribution in [1.29, 1.82) is 0 Å². The van der Waals surface area contributed by atoms with E-state index in [0.717, 1.165) is 17.7 Å². The molecule has 0 saturated carbocycles. The Bertz CT molecular complexity index is 769. The van der Waals surface area contributed by atoms with Crippen LogP contribution < -0.4 is 20.1 Å². The van der Waals surface area contributed by atoms with Crippen molar-refractivity contribution in [3.05, 3.63) is 59.9 Å². The summed E-state index contributed by atoms with van der Waals surface area (Å²) in [7, 11) is 1.63. The zero-order valence-corrected chi connectivity index (χ0v) is 18.1. The molecule has 31 heavy (non-hydrogen) atoms. The minimum atomic E-state index is -0.763. The second kappa shape index (κ2) is 14.2. The van der Waals surface area contributed by atoms with Gasteiger partial charge in [0.1, 0.15) is 30.0 Å². The monoisotopic (exact) mass is 433 g/mol. The summed E-state index contributed by atoms with van der Waals surface area (Å²) in [5, 5.41) is 16.6. The molecule has 0 aliphatic heterocycles. The van der Waals surface area contributed by atoms with E-state index in [1.165, 1.54) is 24.3 Å². The van der Waals surface area contributed by atoms with Crippen molar-refractivity contribution in [2.24, 2.45) is 4.99 Å². The molecule has 0 spiro atoms. The van der Waals surface area contributed by atoms with Crippen molar-refractivity contribution >= 4 is 5.96 Å². The van der Waals surface area contributed by atoms with Crippen molar-refractivity contribution in [2.75, 3.05) is 40.0 Å². The van der Waals surface area contributed by atoms with Gasteiger partial charge in [-0.15, -0.1) is 0 Å². The van der Waals surface area contributed by atoms with E-state index < -0.39 is 6.10 Å². The zero-order chi connectivity index (χ0) is 22.3. The number of methoxy groups -OCH3 is 1. The summed E-state index contributed by atoms with van der Waals surface area (Å²) in [5.74, 6) is 1.56. The number of guanidine groups is 1. The average Bonchev–Trinajstić information content (AvgIpc) is 2.80. The minimum absolute atomic E-state index is 0.0781. The maximum atomic E-state index is 12.9. The summed E-state index contributed by atoms with van der Waals surface area (Å²) in [6, 6.07) is 13.4. The third-order valence-electron chi connectivity index (χ3n) is 4.30. The molecular weight excluding hydrogens is 401 g/mol. The largest absolute Gasteiger partial charge is 0.497 e. The van der Waals surface area contributed by atoms with Gasteiger partial charge in [0.2, 0.25) is 0 Å². The first-order valence-electron chi connectivity index (χ1n) is 10.4. The van der Waals surface area contributed by atoms with Gasteiger partial charge in [-0.3, -0.25) is 0 Å². The van der Waals surface area contributed by atoms with Crippen LogP contribution in [0.2, 0.25) is 0 Å². The van der Waals surface area contributed by atoms with E-state index in [-0.39, 0.29) is 19.0 Å². The number of ether oxygens (including phenoxy) is 3. The molecule has 0 aromatic heterocycles. The number of aliphatic hydroxyl groups excluding tert-OH is 1. The predicted octanol–water partition coefficient (Wildman–Crippen LogP) is 2.74. The maximum absolute atomic E-state index is 12.9. The molecule has 0 radical (unpaired) electrons. The van der Waals surface area contributed by atoms with E-state index in [0.29, 0.717) is 38.0 Å². The SMILES string of the molecule is CCOCCCNC(=NCc1ccc(OC)cc1)NCC(O)COc1ccc(F)cc1. The summed E-state index contributed by atoms with van der Waals surface area (Å²) in [6.07, 6.45) is 0.0780. The van der Waals surface area contributed by atoms with Crippen LogP contribution in [0.5, 0.6) is 11.5 Å². The number of hydrogen-bond donors (Lipinski definition) is 3. The Hall–Kier alpha value is -2.84. The number of nitrogens with one attached hydrogen (secondary N) is 2. The molecule has 0 bridgehead atoms. The molecule has 0 heterocycles. The topological polar surface area (TPSA) is 84.3 Å². The fraction of sp³-hybridized carbons (Fsp3) is 0.435. The second-order valence-corrected chi connectivity index (χ2v) is 6.79. The van der Waals surface area contributed by atoms with Crippen LogP contribution in [0, 0.1) is 5.82 Å². The number of hydrogen-bond acceptors (Lipinski definition) is 5. The zero-order valence-electron chi connectivity index (χ0n) is 18.1. The first kappa shape index (κ1) is 24.4. The van der Waals surface area contributed by atoms with Crippen LogP contribution in [0.3, 0.4) is 0 Å². The molecule has 8 heteroatoms. The lowest BCUT2D eigenvalue weighted by Gasteiger charge is -2.16. The number of aliphatic imine (C=N–C) groups is 1. The third kappa shape index (κ3) is 10.1. The predicted molar refractivity (Wildman–Crippen MR) is 119 cm³/mol. The summed E-state index contributed by atoms with van der Waals surface area (Å²) in [6.45, 7) is 4.83. The van der Waals surface area contributed by atoms with Gasteiger partial charge in [0, 0.05) is 26.3 Å². The minimum Gasteiger partial charge on any atom is -0.497 e. The van der Waals surface area contributed by atoms with Gasteiger partial charge < -0.3 is 30.0 Å². The summed E-state index contributed by atoms with van der Waals surface area (Å²) >= 11 is 0. The highest BCUT2D eigenvalue weighted by Crippen LogP contribution is 2.12. The molecule has 0 fully saturated rings. The number of benzene rings is 2. The average molecular weight is 434 g/mol. The summed E-state index contributed by atoms with van der Waals surface area (Å²) in [4.78, 5) is 4.59. The van der Waals surface area contributed by atoms with E-state index in [2.05, 4.69) is 15.6 Å². The quantitative estimate of drug-likeness (QED) is 0.256. The molecule has 7 nitrogen and oxygen atoms in total.